The second-order valence-electron chi connectivity index (χ2n) is 3.54. The summed E-state index contributed by atoms with van der Waals surface area (Å²) in [4.78, 5) is 0. The number of rotatable bonds is 2. The fourth-order valence-corrected chi connectivity index (χ4v) is 1.78. The lowest BCUT2D eigenvalue weighted by molar-refractivity contribution is 0.230. The van der Waals surface area contributed by atoms with Gasteiger partial charge in [-0.2, -0.15) is 0 Å². The minimum atomic E-state index is -0.372. The van der Waals surface area contributed by atoms with Crippen molar-refractivity contribution in [2.24, 2.45) is 5.10 Å². The highest BCUT2D eigenvalue weighted by molar-refractivity contribution is 6.47. The summed E-state index contributed by atoms with van der Waals surface area (Å²) in [5, 5.41) is 5.92. The Hall–Kier alpha value is -1.53. The monoisotopic (exact) mass is 218 g/mol. The van der Waals surface area contributed by atoms with E-state index in [2.05, 4.69) is 5.10 Å². The molecule has 16 heavy (non-hydrogen) atoms. The van der Waals surface area contributed by atoms with E-state index in [1.54, 1.807) is 5.01 Å². The number of anilines is 1. The van der Waals surface area contributed by atoms with E-state index in [1.165, 1.54) is 6.40 Å². The van der Waals surface area contributed by atoms with Gasteiger partial charge in [-0.3, -0.25) is 0 Å². The van der Waals surface area contributed by atoms with Crippen LogP contribution in [-0.4, -0.2) is 32.9 Å². The molecule has 1 aromatic carbocycles. The van der Waals surface area contributed by atoms with Gasteiger partial charge in [-0.05, 0) is 12.1 Å². The van der Waals surface area contributed by atoms with Crippen LogP contribution in [0.1, 0.15) is 0 Å². The van der Waals surface area contributed by atoms with Crippen molar-refractivity contribution in [1.29, 1.82) is 0 Å². The topological polar surface area (TPSA) is 43.3 Å². The van der Waals surface area contributed by atoms with Crippen molar-refractivity contribution < 1.29 is 14.0 Å². The zero-order valence-electron chi connectivity index (χ0n) is 8.65. The summed E-state index contributed by atoms with van der Waals surface area (Å²) in [6.07, 6.45) is 1.09. The number of hydrogen-bond acceptors (Lipinski definition) is 5. The molecule has 1 saturated heterocycles. The van der Waals surface area contributed by atoms with Gasteiger partial charge in [0.25, 0.3) is 0 Å². The van der Waals surface area contributed by atoms with Gasteiger partial charge in [0, 0.05) is 0 Å². The third-order valence-electron chi connectivity index (χ3n) is 2.51. The number of para-hydroxylation sites is 1. The van der Waals surface area contributed by atoms with Gasteiger partial charge in [0.15, 0.2) is 6.40 Å². The van der Waals surface area contributed by atoms with Gasteiger partial charge in [0.05, 0.1) is 18.9 Å². The van der Waals surface area contributed by atoms with Gasteiger partial charge >= 0.3 is 7.12 Å². The second-order valence-corrected chi connectivity index (χ2v) is 3.54. The maximum atomic E-state index is 5.42. The fraction of sp³-hybridized carbons (Fsp3) is 0.300. The molecule has 3 rings (SSSR count). The molecule has 2 aliphatic rings. The summed E-state index contributed by atoms with van der Waals surface area (Å²) in [6, 6.07) is 9.80. The van der Waals surface area contributed by atoms with Crippen LogP contribution in [0.5, 0.6) is 0 Å². The van der Waals surface area contributed by atoms with Crippen LogP contribution >= 0.6 is 0 Å². The minimum absolute atomic E-state index is 0.329. The highest BCUT2D eigenvalue weighted by Gasteiger charge is 2.42. The molecule has 2 heterocycles. The first-order chi connectivity index (χ1) is 7.95. The lowest BCUT2D eigenvalue weighted by Gasteiger charge is -2.22. The van der Waals surface area contributed by atoms with E-state index in [-0.39, 0.29) is 13.2 Å². The van der Waals surface area contributed by atoms with Crippen LogP contribution in [0.15, 0.2) is 35.4 Å². The molecule has 0 spiro atoms. The highest BCUT2D eigenvalue weighted by atomic mass is 16.7. The number of ether oxygens (including phenoxy) is 1. The summed E-state index contributed by atoms with van der Waals surface area (Å²) in [7, 11) is -0.372. The predicted molar refractivity (Wildman–Crippen MR) is 59.9 cm³/mol. The molecule has 0 N–H and O–H groups in total. The standard InChI is InChI=1S/C10H11BN2O3/c1-2-4-9(5-3-1)13-10(14-8-12-13)11-15-6-7-16-11/h1-5,8,10H,6-7H2. The molecule has 6 heteroatoms. The van der Waals surface area contributed by atoms with Crippen molar-refractivity contribution >= 4 is 19.2 Å². The van der Waals surface area contributed by atoms with E-state index in [0.29, 0.717) is 13.2 Å². The van der Waals surface area contributed by atoms with E-state index in [4.69, 9.17) is 14.0 Å². The fourth-order valence-electron chi connectivity index (χ4n) is 1.78. The zero-order chi connectivity index (χ0) is 10.8. The summed E-state index contributed by atoms with van der Waals surface area (Å²) in [5.41, 5.74) is 0.959. The molecule has 0 radical (unpaired) electrons. The van der Waals surface area contributed by atoms with Crippen molar-refractivity contribution in [3.8, 4) is 0 Å². The summed E-state index contributed by atoms with van der Waals surface area (Å²) < 4.78 is 16.2. The van der Waals surface area contributed by atoms with Crippen molar-refractivity contribution in [3.05, 3.63) is 30.3 Å². The number of benzene rings is 1. The summed E-state index contributed by atoms with van der Waals surface area (Å²) in [5.74, 6) is 0. The molecule has 0 saturated carbocycles. The van der Waals surface area contributed by atoms with E-state index in [1.807, 2.05) is 30.3 Å². The first kappa shape index (κ1) is 9.68. The largest absolute Gasteiger partial charge is 0.525 e. The number of hydrogen-bond donors (Lipinski definition) is 0. The summed E-state index contributed by atoms with van der Waals surface area (Å²) in [6.45, 7) is 1.21. The van der Waals surface area contributed by atoms with E-state index in [0.717, 1.165) is 5.69 Å². The Morgan fingerprint density at radius 1 is 1.19 bits per heavy atom. The molecule has 82 valence electrons. The Morgan fingerprint density at radius 3 is 2.69 bits per heavy atom. The van der Waals surface area contributed by atoms with Gasteiger partial charge < -0.3 is 14.0 Å². The lowest BCUT2D eigenvalue weighted by atomic mass is 9.87. The van der Waals surface area contributed by atoms with Gasteiger partial charge in [0.2, 0.25) is 6.13 Å². The Labute approximate surface area is 93.7 Å². The Morgan fingerprint density at radius 2 is 1.94 bits per heavy atom. The van der Waals surface area contributed by atoms with Gasteiger partial charge in [-0.25, -0.2) is 5.01 Å². The van der Waals surface area contributed by atoms with E-state index in [9.17, 15) is 0 Å². The third-order valence-corrected chi connectivity index (χ3v) is 2.51. The molecule has 0 aliphatic carbocycles. The molecule has 0 bridgehead atoms. The maximum Gasteiger partial charge on any atom is 0.525 e. The normalized spacial score (nSPS) is 23.9. The first-order valence-electron chi connectivity index (χ1n) is 5.20. The van der Waals surface area contributed by atoms with Crippen molar-refractivity contribution in [3.63, 3.8) is 0 Å². The lowest BCUT2D eigenvalue weighted by Crippen LogP contribution is -2.43. The average molecular weight is 218 g/mol. The number of hydrazone groups is 1. The Balaban J connectivity index is 1.80. The molecule has 5 nitrogen and oxygen atoms in total. The van der Waals surface area contributed by atoms with Gasteiger partial charge in [0.1, 0.15) is 0 Å². The Kier molecular flexibility index (Phi) is 2.51. The van der Waals surface area contributed by atoms with Crippen molar-refractivity contribution in [2.75, 3.05) is 18.2 Å². The molecular weight excluding hydrogens is 207 g/mol. The molecular formula is C10H11BN2O3. The van der Waals surface area contributed by atoms with Crippen molar-refractivity contribution in [2.45, 2.75) is 6.13 Å². The second kappa shape index (κ2) is 4.15. The van der Waals surface area contributed by atoms with Crippen LogP contribution in [0.2, 0.25) is 0 Å². The van der Waals surface area contributed by atoms with Gasteiger partial charge in [-0.15, -0.1) is 5.10 Å². The van der Waals surface area contributed by atoms with Crippen molar-refractivity contribution in [1.82, 2.24) is 0 Å². The van der Waals surface area contributed by atoms with Crippen LogP contribution in [-0.2, 0) is 14.0 Å². The quantitative estimate of drug-likeness (QED) is 0.690. The highest BCUT2D eigenvalue weighted by Crippen LogP contribution is 2.23. The van der Waals surface area contributed by atoms with Crippen LogP contribution in [0.3, 0.4) is 0 Å². The SMILES string of the molecule is C1=NN(c2ccccc2)C(B2OCCO2)O1. The molecule has 2 aliphatic heterocycles. The van der Waals surface area contributed by atoms with Crippen LogP contribution < -0.4 is 5.01 Å². The minimum Gasteiger partial charge on any atom is -0.458 e. The molecule has 0 aromatic heterocycles. The molecule has 0 amide bonds. The summed E-state index contributed by atoms with van der Waals surface area (Å²) >= 11 is 0. The Bertz CT molecular complexity index is 381. The van der Waals surface area contributed by atoms with E-state index < -0.39 is 0 Å². The maximum absolute atomic E-state index is 5.42. The molecule has 1 unspecified atom stereocenters. The predicted octanol–water partition coefficient (Wildman–Crippen LogP) is 0.867. The first-order valence-corrected chi connectivity index (χ1v) is 5.20. The smallest absolute Gasteiger partial charge is 0.458 e. The van der Waals surface area contributed by atoms with Gasteiger partial charge in [-0.1, -0.05) is 18.2 Å². The zero-order valence-corrected chi connectivity index (χ0v) is 8.65. The van der Waals surface area contributed by atoms with E-state index >= 15 is 0 Å². The molecule has 1 atom stereocenters. The third kappa shape index (κ3) is 1.66. The van der Waals surface area contributed by atoms with Crippen LogP contribution in [0.25, 0.3) is 0 Å². The van der Waals surface area contributed by atoms with Crippen LogP contribution in [0.4, 0.5) is 5.69 Å². The molecule has 1 aromatic rings. The van der Waals surface area contributed by atoms with Crippen LogP contribution in [0, 0.1) is 0 Å². The molecule has 1 fully saturated rings. The average Bonchev–Trinajstić information content (AvgIpc) is 3.01. The number of nitrogens with zero attached hydrogens (tertiary/aromatic N) is 2.